The van der Waals surface area contributed by atoms with Gasteiger partial charge in [0, 0.05) is 42.2 Å². The minimum Gasteiger partial charge on any atom is -0.460 e. The largest absolute Gasteiger partial charge is 0.460 e. The summed E-state index contributed by atoms with van der Waals surface area (Å²) in [6.07, 6.45) is 4.94. The highest BCUT2D eigenvalue weighted by molar-refractivity contribution is 5.96. The van der Waals surface area contributed by atoms with Crippen LogP contribution in [-0.2, 0) is 9.53 Å². The highest BCUT2D eigenvalue weighted by Gasteiger charge is 2.31. The number of imidazole rings is 1. The minimum absolute atomic E-state index is 0.0230. The van der Waals surface area contributed by atoms with E-state index in [0.717, 1.165) is 11.3 Å². The second-order valence-corrected chi connectivity index (χ2v) is 9.40. The van der Waals surface area contributed by atoms with E-state index in [4.69, 9.17) is 15.9 Å². The Hall–Kier alpha value is -3.68. The minimum atomic E-state index is -0.502. The van der Waals surface area contributed by atoms with Gasteiger partial charge in [0.15, 0.2) is 0 Å². The molecular formula is C25H29N5O3. The number of rotatable bonds is 4. The van der Waals surface area contributed by atoms with Gasteiger partial charge in [-0.1, -0.05) is 24.3 Å². The fourth-order valence-corrected chi connectivity index (χ4v) is 3.96. The van der Waals surface area contributed by atoms with Crippen LogP contribution in [0.15, 0.2) is 48.8 Å². The highest BCUT2D eigenvalue weighted by atomic mass is 16.6. The zero-order chi connectivity index (χ0) is 23.8. The Kier molecular flexibility index (Phi) is 5.93. The topological polar surface area (TPSA) is 114 Å². The Morgan fingerprint density at radius 1 is 1.09 bits per heavy atom. The first-order chi connectivity index (χ1) is 15.6. The predicted octanol–water partition coefficient (Wildman–Crippen LogP) is 3.48. The molecule has 172 valence electrons. The molecule has 3 heterocycles. The Labute approximate surface area is 192 Å². The van der Waals surface area contributed by atoms with Gasteiger partial charge in [-0.25, -0.2) is 4.98 Å². The summed E-state index contributed by atoms with van der Waals surface area (Å²) in [4.78, 5) is 31.8. The van der Waals surface area contributed by atoms with Crippen molar-refractivity contribution in [3.8, 4) is 11.3 Å². The van der Waals surface area contributed by atoms with Crippen LogP contribution in [0.25, 0.3) is 16.9 Å². The number of fused-ring (bicyclic) bond motifs is 1. The van der Waals surface area contributed by atoms with Crippen molar-refractivity contribution in [3.63, 3.8) is 0 Å². The quantitative estimate of drug-likeness (QED) is 0.361. The average molecular weight is 448 g/mol. The van der Waals surface area contributed by atoms with Crippen LogP contribution in [0.1, 0.15) is 49.5 Å². The number of nitrogens with one attached hydrogen (secondary N) is 1. The van der Waals surface area contributed by atoms with Crippen molar-refractivity contribution in [1.82, 2.24) is 14.3 Å². The van der Waals surface area contributed by atoms with Gasteiger partial charge in [0.1, 0.15) is 17.1 Å². The fraction of sp³-hybridized carbons (Fsp3) is 0.360. The third kappa shape index (κ3) is 5.05. The van der Waals surface area contributed by atoms with Crippen molar-refractivity contribution in [3.05, 3.63) is 59.9 Å². The molecule has 0 aliphatic carbocycles. The molecule has 0 radical (unpaired) electrons. The molecule has 2 aromatic heterocycles. The van der Waals surface area contributed by atoms with Crippen LogP contribution >= 0.6 is 0 Å². The number of piperidine rings is 1. The molecule has 1 aliphatic rings. The number of hydrogen-bond acceptors (Lipinski definition) is 5. The number of esters is 1. The molecule has 0 spiro atoms. The van der Waals surface area contributed by atoms with E-state index in [1.54, 1.807) is 29.2 Å². The maximum Gasteiger partial charge on any atom is 0.309 e. The number of amidine groups is 1. The van der Waals surface area contributed by atoms with Crippen molar-refractivity contribution in [2.24, 2.45) is 11.7 Å². The normalized spacial score (nSPS) is 14.9. The van der Waals surface area contributed by atoms with Crippen LogP contribution in [0.2, 0.25) is 0 Å². The molecule has 1 aliphatic heterocycles. The third-order valence-corrected chi connectivity index (χ3v) is 5.72. The molecule has 1 amide bonds. The Morgan fingerprint density at radius 3 is 2.36 bits per heavy atom. The van der Waals surface area contributed by atoms with Crippen molar-refractivity contribution in [1.29, 1.82) is 5.41 Å². The highest BCUT2D eigenvalue weighted by Crippen LogP contribution is 2.24. The summed E-state index contributed by atoms with van der Waals surface area (Å²) < 4.78 is 7.37. The molecule has 0 saturated carbocycles. The van der Waals surface area contributed by atoms with E-state index in [9.17, 15) is 9.59 Å². The number of aromatic nitrogens is 2. The fourth-order valence-electron chi connectivity index (χ4n) is 3.96. The van der Waals surface area contributed by atoms with Gasteiger partial charge in [0.25, 0.3) is 5.91 Å². The van der Waals surface area contributed by atoms with E-state index in [1.165, 1.54) is 0 Å². The van der Waals surface area contributed by atoms with Gasteiger partial charge in [0.2, 0.25) is 0 Å². The van der Waals surface area contributed by atoms with E-state index in [-0.39, 0.29) is 23.6 Å². The van der Waals surface area contributed by atoms with E-state index >= 15 is 0 Å². The zero-order valence-electron chi connectivity index (χ0n) is 19.2. The van der Waals surface area contributed by atoms with Gasteiger partial charge < -0.3 is 19.8 Å². The Balaban J connectivity index is 1.45. The molecule has 8 heteroatoms. The van der Waals surface area contributed by atoms with Crippen LogP contribution in [-0.4, -0.2) is 50.7 Å². The molecule has 4 rings (SSSR count). The van der Waals surface area contributed by atoms with Crippen molar-refractivity contribution in [2.45, 2.75) is 39.2 Å². The number of nitrogen functional groups attached to an aromatic ring is 1. The van der Waals surface area contributed by atoms with Crippen LogP contribution in [0.4, 0.5) is 0 Å². The number of nitrogens with two attached hydrogens (primary N) is 1. The lowest BCUT2D eigenvalue weighted by molar-refractivity contribution is -0.161. The van der Waals surface area contributed by atoms with Gasteiger partial charge in [0.05, 0.1) is 11.6 Å². The lowest BCUT2D eigenvalue weighted by Crippen LogP contribution is -2.41. The lowest BCUT2D eigenvalue weighted by Gasteiger charge is -2.32. The number of ether oxygens (including phenoxy) is 1. The molecule has 0 unspecified atom stereocenters. The molecular weight excluding hydrogens is 418 g/mol. The van der Waals surface area contributed by atoms with E-state index < -0.39 is 5.60 Å². The van der Waals surface area contributed by atoms with Crippen LogP contribution in [0.3, 0.4) is 0 Å². The second-order valence-electron chi connectivity index (χ2n) is 9.40. The van der Waals surface area contributed by atoms with Gasteiger partial charge in [-0.2, -0.15) is 0 Å². The van der Waals surface area contributed by atoms with E-state index in [2.05, 4.69) is 4.98 Å². The molecule has 1 fully saturated rings. The standard InChI is InChI=1S/C25H29N5O3/c1-25(2,3)33-24(32)18-8-11-29(12-9-18)23(31)19-10-13-30-15-20(28-21(30)14-19)16-4-6-17(7-5-16)22(26)27/h4-7,10,13-15,18H,8-9,11-12H2,1-3H3,(H3,26,27). The van der Waals surface area contributed by atoms with Gasteiger partial charge in [-0.05, 0) is 45.7 Å². The number of hydrogen-bond donors (Lipinski definition) is 2. The smallest absolute Gasteiger partial charge is 0.309 e. The molecule has 33 heavy (non-hydrogen) atoms. The van der Waals surface area contributed by atoms with Gasteiger partial charge in [-0.15, -0.1) is 0 Å². The molecule has 1 aromatic carbocycles. The van der Waals surface area contributed by atoms with E-state index in [0.29, 0.717) is 42.7 Å². The maximum atomic E-state index is 13.1. The number of carbonyl (C=O) groups excluding carboxylic acids is 2. The van der Waals surface area contributed by atoms with Crippen molar-refractivity contribution >= 4 is 23.4 Å². The molecule has 0 bridgehead atoms. The number of pyridine rings is 1. The van der Waals surface area contributed by atoms with Crippen LogP contribution in [0, 0.1) is 11.3 Å². The number of nitrogens with zero attached hydrogens (tertiary/aromatic N) is 3. The summed E-state index contributed by atoms with van der Waals surface area (Å²) in [5.74, 6) is -0.386. The summed E-state index contributed by atoms with van der Waals surface area (Å²) in [5.41, 5.74) is 8.60. The number of benzene rings is 1. The SMILES string of the molecule is CC(C)(C)OC(=O)C1CCN(C(=O)c2ccn3cc(-c4ccc(C(=N)N)cc4)nc3c2)CC1. The lowest BCUT2D eigenvalue weighted by atomic mass is 9.96. The van der Waals surface area contributed by atoms with Gasteiger partial charge >= 0.3 is 5.97 Å². The summed E-state index contributed by atoms with van der Waals surface area (Å²) >= 11 is 0. The summed E-state index contributed by atoms with van der Waals surface area (Å²) in [6, 6.07) is 10.9. The third-order valence-electron chi connectivity index (χ3n) is 5.72. The molecule has 3 aromatic rings. The first kappa shape index (κ1) is 22.5. The van der Waals surface area contributed by atoms with E-state index in [1.807, 2.05) is 49.7 Å². The number of amides is 1. The second kappa shape index (κ2) is 8.69. The first-order valence-corrected chi connectivity index (χ1v) is 11.1. The maximum absolute atomic E-state index is 13.1. The monoisotopic (exact) mass is 447 g/mol. The van der Waals surface area contributed by atoms with Gasteiger partial charge in [-0.3, -0.25) is 15.0 Å². The van der Waals surface area contributed by atoms with Crippen molar-refractivity contribution in [2.75, 3.05) is 13.1 Å². The predicted molar refractivity (Wildman–Crippen MR) is 126 cm³/mol. The molecule has 1 saturated heterocycles. The zero-order valence-corrected chi connectivity index (χ0v) is 19.2. The number of carbonyl (C=O) groups is 2. The number of likely N-dealkylation sites (tertiary alicyclic amines) is 1. The Morgan fingerprint density at radius 2 is 1.76 bits per heavy atom. The average Bonchev–Trinajstić information content (AvgIpc) is 3.21. The molecule has 3 N–H and O–H groups in total. The van der Waals surface area contributed by atoms with Crippen LogP contribution < -0.4 is 5.73 Å². The van der Waals surface area contributed by atoms with Crippen molar-refractivity contribution < 1.29 is 14.3 Å². The van der Waals surface area contributed by atoms with Crippen LogP contribution in [0.5, 0.6) is 0 Å². The summed E-state index contributed by atoms with van der Waals surface area (Å²) in [5, 5.41) is 7.51. The molecule has 8 nitrogen and oxygen atoms in total. The summed E-state index contributed by atoms with van der Waals surface area (Å²) in [6.45, 7) is 6.64. The summed E-state index contributed by atoms with van der Waals surface area (Å²) in [7, 11) is 0. The Bertz CT molecular complexity index is 1200. The molecule has 0 atom stereocenters. The first-order valence-electron chi connectivity index (χ1n) is 11.1.